The molecule has 0 unspecified atom stereocenters. The topological polar surface area (TPSA) is 26.3 Å². The van der Waals surface area contributed by atoms with E-state index < -0.39 is 0 Å². The van der Waals surface area contributed by atoms with Gasteiger partial charge in [0.25, 0.3) is 0 Å². The van der Waals surface area contributed by atoms with Gasteiger partial charge in [-0.1, -0.05) is 12.2 Å². The summed E-state index contributed by atoms with van der Waals surface area (Å²) in [4.78, 5) is 11.3. The third-order valence-corrected chi connectivity index (χ3v) is 1.85. The molecule has 0 aliphatic carbocycles. The molecule has 0 heterocycles. The van der Waals surface area contributed by atoms with Crippen molar-refractivity contribution in [1.82, 2.24) is 0 Å². The number of hydrogen-bond donors (Lipinski definition) is 0. The van der Waals surface area contributed by atoms with Gasteiger partial charge in [-0.2, -0.15) is 0 Å². The van der Waals surface area contributed by atoms with Crippen LogP contribution in [0.2, 0.25) is 0 Å². The van der Waals surface area contributed by atoms with Crippen molar-refractivity contribution in [1.29, 1.82) is 0 Å². The van der Waals surface area contributed by atoms with Crippen LogP contribution in [0.5, 0.6) is 0 Å². The predicted molar refractivity (Wildman–Crippen MR) is 59.1 cm³/mol. The summed E-state index contributed by atoms with van der Waals surface area (Å²) in [6.45, 7) is 8.17. The quantitative estimate of drug-likeness (QED) is 0.385. The smallest absolute Gasteiger partial charge is 0.311 e. The molecular weight excluding hydrogens is 176 g/mol. The predicted octanol–water partition coefficient (Wildman–Crippen LogP) is 3.32. The highest BCUT2D eigenvalue weighted by molar-refractivity contribution is 5.75. The number of hydrogen-bond acceptors (Lipinski definition) is 2. The second kappa shape index (κ2) is 6.63. The maximum absolute atomic E-state index is 11.3. The Morgan fingerprint density at radius 2 is 1.93 bits per heavy atom. The molecule has 0 atom stereocenters. The average Bonchev–Trinajstić information content (AvgIpc) is 2.09. The van der Waals surface area contributed by atoms with Gasteiger partial charge in [0.15, 0.2) is 0 Å². The third-order valence-electron chi connectivity index (χ3n) is 1.85. The third kappa shape index (κ3) is 6.70. The van der Waals surface area contributed by atoms with E-state index in [2.05, 4.69) is 6.08 Å². The van der Waals surface area contributed by atoms with Crippen molar-refractivity contribution in [2.75, 3.05) is 6.61 Å². The fraction of sp³-hybridized carbons (Fsp3) is 0.750. The van der Waals surface area contributed by atoms with Crippen LogP contribution in [0, 0.1) is 5.41 Å². The van der Waals surface area contributed by atoms with E-state index in [1.807, 2.05) is 33.8 Å². The van der Waals surface area contributed by atoms with Crippen LogP contribution in [0.3, 0.4) is 0 Å². The van der Waals surface area contributed by atoms with Crippen molar-refractivity contribution in [3.05, 3.63) is 12.2 Å². The molecule has 0 radical (unpaired) electrons. The number of allylic oxidation sites excluding steroid dienone is 2. The standard InChI is InChI=1S/C12H22O2/c1-5-6-7-8-9-10-14-11(13)12(2,3)4/h5-6H,7-10H2,1-4H3. The van der Waals surface area contributed by atoms with E-state index in [0.29, 0.717) is 6.61 Å². The number of esters is 1. The van der Waals surface area contributed by atoms with Gasteiger partial charge in [0.1, 0.15) is 0 Å². The fourth-order valence-electron chi connectivity index (χ4n) is 0.912. The first-order valence-electron chi connectivity index (χ1n) is 5.27. The van der Waals surface area contributed by atoms with Crippen molar-refractivity contribution in [2.24, 2.45) is 5.41 Å². The molecule has 0 spiro atoms. The van der Waals surface area contributed by atoms with Crippen molar-refractivity contribution in [2.45, 2.75) is 47.0 Å². The van der Waals surface area contributed by atoms with Crippen LogP contribution in [-0.4, -0.2) is 12.6 Å². The molecule has 0 fully saturated rings. The van der Waals surface area contributed by atoms with E-state index in [0.717, 1.165) is 19.3 Å². The Bertz CT molecular complexity index is 187. The Balaban J connectivity index is 3.42. The van der Waals surface area contributed by atoms with Gasteiger partial charge >= 0.3 is 5.97 Å². The van der Waals surface area contributed by atoms with Crippen LogP contribution in [0.1, 0.15) is 47.0 Å². The zero-order valence-corrected chi connectivity index (χ0v) is 9.80. The van der Waals surface area contributed by atoms with Crippen molar-refractivity contribution >= 4 is 5.97 Å². The van der Waals surface area contributed by atoms with Crippen molar-refractivity contribution in [3.8, 4) is 0 Å². The number of rotatable bonds is 5. The van der Waals surface area contributed by atoms with Crippen LogP contribution in [0.25, 0.3) is 0 Å². The highest BCUT2D eigenvalue weighted by Gasteiger charge is 2.22. The van der Waals surface area contributed by atoms with Crippen LogP contribution in [0.15, 0.2) is 12.2 Å². The second-order valence-electron chi connectivity index (χ2n) is 4.45. The number of unbranched alkanes of at least 4 members (excludes halogenated alkanes) is 2. The molecule has 0 saturated heterocycles. The first-order chi connectivity index (χ1) is 6.48. The van der Waals surface area contributed by atoms with Gasteiger partial charge in [-0.05, 0) is 47.0 Å². The molecule has 0 aromatic carbocycles. The summed E-state index contributed by atoms with van der Waals surface area (Å²) in [5.74, 6) is -0.108. The molecule has 14 heavy (non-hydrogen) atoms. The highest BCUT2D eigenvalue weighted by Crippen LogP contribution is 2.15. The minimum Gasteiger partial charge on any atom is -0.465 e. The van der Waals surface area contributed by atoms with E-state index in [1.165, 1.54) is 0 Å². The molecule has 0 aliphatic heterocycles. The Kier molecular flexibility index (Phi) is 6.26. The molecule has 0 N–H and O–H groups in total. The summed E-state index contributed by atoms with van der Waals surface area (Å²) in [5, 5.41) is 0. The summed E-state index contributed by atoms with van der Waals surface area (Å²) >= 11 is 0. The molecule has 0 aliphatic rings. The number of carbonyl (C=O) groups is 1. The number of carbonyl (C=O) groups excluding carboxylic acids is 1. The van der Waals surface area contributed by atoms with Gasteiger partial charge in [-0.15, -0.1) is 0 Å². The first-order valence-corrected chi connectivity index (χ1v) is 5.27. The second-order valence-corrected chi connectivity index (χ2v) is 4.45. The SMILES string of the molecule is CC=CCCCCOC(=O)C(C)(C)C. The lowest BCUT2D eigenvalue weighted by Gasteiger charge is -2.16. The zero-order valence-electron chi connectivity index (χ0n) is 9.80. The molecule has 0 amide bonds. The molecule has 0 rings (SSSR count). The summed E-state index contributed by atoms with van der Waals surface area (Å²) in [6, 6.07) is 0. The highest BCUT2D eigenvalue weighted by atomic mass is 16.5. The van der Waals surface area contributed by atoms with E-state index in [-0.39, 0.29) is 11.4 Å². The van der Waals surface area contributed by atoms with E-state index >= 15 is 0 Å². The Morgan fingerprint density at radius 1 is 1.29 bits per heavy atom. The lowest BCUT2D eigenvalue weighted by Crippen LogP contribution is -2.23. The van der Waals surface area contributed by atoms with Crippen LogP contribution >= 0.6 is 0 Å². The Labute approximate surface area is 87.3 Å². The van der Waals surface area contributed by atoms with Gasteiger partial charge in [-0.3, -0.25) is 4.79 Å². The largest absolute Gasteiger partial charge is 0.465 e. The van der Waals surface area contributed by atoms with Crippen molar-refractivity contribution in [3.63, 3.8) is 0 Å². The molecule has 2 nitrogen and oxygen atoms in total. The number of ether oxygens (including phenoxy) is 1. The average molecular weight is 198 g/mol. The van der Waals surface area contributed by atoms with Crippen molar-refractivity contribution < 1.29 is 9.53 Å². The van der Waals surface area contributed by atoms with E-state index in [4.69, 9.17) is 4.74 Å². The Morgan fingerprint density at radius 3 is 2.43 bits per heavy atom. The molecule has 2 heteroatoms. The summed E-state index contributed by atoms with van der Waals surface area (Å²) in [7, 11) is 0. The van der Waals surface area contributed by atoms with Gasteiger partial charge in [0.05, 0.1) is 12.0 Å². The summed E-state index contributed by atoms with van der Waals surface area (Å²) in [6.07, 6.45) is 7.28. The maximum Gasteiger partial charge on any atom is 0.311 e. The monoisotopic (exact) mass is 198 g/mol. The normalized spacial score (nSPS) is 12.0. The maximum atomic E-state index is 11.3. The van der Waals surface area contributed by atoms with Gasteiger partial charge in [0.2, 0.25) is 0 Å². The van der Waals surface area contributed by atoms with Crippen LogP contribution in [0.4, 0.5) is 0 Å². The van der Waals surface area contributed by atoms with Crippen LogP contribution < -0.4 is 0 Å². The summed E-state index contributed by atoms with van der Waals surface area (Å²) in [5.41, 5.74) is -0.372. The van der Waals surface area contributed by atoms with E-state index in [1.54, 1.807) is 0 Å². The Hall–Kier alpha value is -0.790. The zero-order chi connectivity index (χ0) is 11.0. The molecular formula is C12H22O2. The minimum absolute atomic E-state index is 0.108. The molecule has 0 aromatic rings. The molecule has 82 valence electrons. The minimum atomic E-state index is -0.372. The molecule has 0 bridgehead atoms. The lowest BCUT2D eigenvalue weighted by atomic mass is 9.97. The van der Waals surface area contributed by atoms with E-state index in [9.17, 15) is 4.79 Å². The summed E-state index contributed by atoms with van der Waals surface area (Å²) < 4.78 is 5.12. The van der Waals surface area contributed by atoms with Gasteiger partial charge in [0, 0.05) is 0 Å². The molecule has 0 aromatic heterocycles. The first kappa shape index (κ1) is 13.2. The van der Waals surface area contributed by atoms with Gasteiger partial charge in [-0.25, -0.2) is 0 Å². The van der Waals surface area contributed by atoms with Crippen LogP contribution in [-0.2, 0) is 9.53 Å². The fourth-order valence-corrected chi connectivity index (χ4v) is 0.912. The van der Waals surface area contributed by atoms with Gasteiger partial charge < -0.3 is 4.74 Å². The molecule has 0 saturated carbocycles. The lowest BCUT2D eigenvalue weighted by molar-refractivity contribution is -0.153.